The molecule has 0 aliphatic carbocycles. The summed E-state index contributed by atoms with van der Waals surface area (Å²) >= 11 is 6.79. The first-order chi connectivity index (χ1) is 6.77. The number of hydrogen-bond donors (Lipinski definition) is 0. The molecule has 71 valence electrons. The SMILES string of the molecule is Brc1cccc(On2c[c]cn2)c1Br. The van der Waals surface area contributed by atoms with E-state index in [9.17, 15) is 0 Å². The van der Waals surface area contributed by atoms with Crippen molar-refractivity contribution in [3.63, 3.8) is 0 Å². The lowest BCUT2D eigenvalue weighted by molar-refractivity contribution is 0.177. The second-order valence-corrected chi connectivity index (χ2v) is 4.13. The summed E-state index contributed by atoms with van der Waals surface area (Å²) in [5.41, 5.74) is 0. The molecule has 0 N–H and O–H groups in total. The molecule has 0 unspecified atom stereocenters. The van der Waals surface area contributed by atoms with Gasteiger partial charge in [-0.3, -0.25) is 0 Å². The lowest BCUT2D eigenvalue weighted by Gasteiger charge is -2.06. The van der Waals surface area contributed by atoms with Gasteiger partial charge in [-0.1, -0.05) is 10.9 Å². The second-order valence-electron chi connectivity index (χ2n) is 2.49. The third-order valence-corrected chi connectivity index (χ3v) is 3.55. The largest absolute Gasteiger partial charge is 0.357 e. The van der Waals surface area contributed by atoms with Crippen LogP contribution in [0.2, 0.25) is 0 Å². The van der Waals surface area contributed by atoms with Crippen molar-refractivity contribution in [2.75, 3.05) is 0 Å². The zero-order valence-corrected chi connectivity index (χ0v) is 10.1. The highest BCUT2D eigenvalue weighted by Gasteiger charge is 2.05. The predicted molar refractivity (Wildman–Crippen MR) is 58.9 cm³/mol. The Morgan fingerprint density at radius 1 is 1.36 bits per heavy atom. The molecule has 0 fully saturated rings. The zero-order chi connectivity index (χ0) is 9.97. The van der Waals surface area contributed by atoms with E-state index in [-0.39, 0.29) is 0 Å². The highest BCUT2D eigenvalue weighted by molar-refractivity contribution is 9.13. The van der Waals surface area contributed by atoms with Crippen LogP contribution in [0, 0.1) is 6.07 Å². The van der Waals surface area contributed by atoms with Gasteiger partial charge in [0.25, 0.3) is 0 Å². The summed E-state index contributed by atoms with van der Waals surface area (Å²) in [6.45, 7) is 0. The highest BCUT2D eigenvalue weighted by atomic mass is 79.9. The molecule has 0 saturated heterocycles. The molecule has 1 aromatic heterocycles. The van der Waals surface area contributed by atoms with Crippen molar-refractivity contribution in [3.8, 4) is 5.75 Å². The van der Waals surface area contributed by atoms with Crippen LogP contribution in [0.4, 0.5) is 0 Å². The monoisotopic (exact) mass is 315 g/mol. The van der Waals surface area contributed by atoms with Crippen LogP contribution in [-0.2, 0) is 0 Å². The van der Waals surface area contributed by atoms with Crippen LogP contribution in [0.5, 0.6) is 5.75 Å². The Bertz CT molecular complexity index is 428. The average Bonchev–Trinajstić information content (AvgIpc) is 2.66. The molecule has 0 aliphatic rings. The Morgan fingerprint density at radius 3 is 2.93 bits per heavy atom. The Morgan fingerprint density at radius 2 is 2.21 bits per heavy atom. The van der Waals surface area contributed by atoms with Gasteiger partial charge in [0.05, 0.1) is 16.9 Å². The summed E-state index contributed by atoms with van der Waals surface area (Å²) < 4.78 is 1.79. The third kappa shape index (κ3) is 1.99. The number of halogens is 2. The molecule has 0 saturated carbocycles. The number of aromatic nitrogens is 2. The van der Waals surface area contributed by atoms with E-state index in [2.05, 4.69) is 43.0 Å². The van der Waals surface area contributed by atoms with Crippen molar-refractivity contribution >= 4 is 31.9 Å². The lowest BCUT2D eigenvalue weighted by Crippen LogP contribution is -2.05. The van der Waals surface area contributed by atoms with Gasteiger partial charge in [-0.2, -0.15) is 0 Å². The average molecular weight is 317 g/mol. The van der Waals surface area contributed by atoms with Crippen LogP contribution in [-0.4, -0.2) is 9.94 Å². The maximum atomic E-state index is 5.43. The summed E-state index contributed by atoms with van der Waals surface area (Å²) in [5.74, 6) is 0.691. The molecule has 1 heterocycles. The normalized spacial score (nSPS) is 10.1. The van der Waals surface area contributed by atoms with Gasteiger partial charge in [-0.15, -0.1) is 5.10 Å². The third-order valence-electron chi connectivity index (χ3n) is 1.54. The fourth-order valence-electron chi connectivity index (χ4n) is 0.926. The van der Waals surface area contributed by atoms with Crippen molar-refractivity contribution in [1.29, 1.82) is 0 Å². The van der Waals surface area contributed by atoms with E-state index in [1.807, 2.05) is 18.2 Å². The van der Waals surface area contributed by atoms with Gasteiger partial charge in [-0.25, -0.2) is 0 Å². The number of benzene rings is 1. The van der Waals surface area contributed by atoms with Crippen LogP contribution < -0.4 is 4.84 Å². The molecule has 2 aromatic rings. The lowest BCUT2D eigenvalue weighted by atomic mass is 10.3. The van der Waals surface area contributed by atoms with E-state index in [1.165, 1.54) is 11.0 Å². The van der Waals surface area contributed by atoms with Crippen molar-refractivity contribution in [2.45, 2.75) is 0 Å². The molecule has 0 spiro atoms. The molecule has 14 heavy (non-hydrogen) atoms. The molecule has 3 nitrogen and oxygen atoms in total. The van der Waals surface area contributed by atoms with Crippen LogP contribution in [0.25, 0.3) is 0 Å². The molecule has 1 aromatic carbocycles. The Hall–Kier alpha value is -0.810. The van der Waals surface area contributed by atoms with Gasteiger partial charge in [0.15, 0.2) is 5.75 Å². The molecule has 5 heteroatoms. The first-order valence-electron chi connectivity index (χ1n) is 3.80. The van der Waals surface area contributed by atoms with Gasteiger partial charge < -0.3 is 4.84 Å². The number of nitrogens with zero attached hydrogens (tertiary/aromatic N) is 2. The van der Waals surface area contributed by atoms with Gasteiger partial charge >= 0.3 is 0 Å². The molecule has 0 aliphatic heterocycles. The van der Waals surface area contributed by atoms with Crippen LogP contribution >= 0.6 is 31.9 Å². The molecular weight excluding hydrogens is 312 g/mol. The summed E-state index contributed by atoms with van der Waals surface area (Å²) in [6, 6.07) is 8.44. The molecule has 2 rings (SSSR count). The fraction of sp³-hybridized carbons (Fsp3) is 0. The Balaban J connectivity index is 2.29. The first-order valence-corrected chi connectivity index (χ1v) is 5.39. The molecule has 1 radical (unpaired) electrons. The quantitative estimate of drug-likeness (QED) is 0.851. The van der Waals surface area contributed by atoms with Crippen LogP contribution in [0.3, 0.4) is 0 Å². The second kappa shape index (κ2) is 4.14. The van der Waals surface area contributed by atoms with Crippen molar-refractivity contribution in [1.82, 2.24) is 9.94 Å². The minimum Gasteiger partial charge on any atom is -0.357 e. The van der Waals surface area contributed by atoms with Gasteiger partial charge in [-0.05, 0) is 44.0 Å². The molecular formula is C9H5Br2N2O. The molecule has 0 atom stereocenters. The van der Waals surface area contributed by atoms with E-state index < -0.39 is 0 Å². The topological polar surface area (TPSA) is 27.1 Å². The fourth-order valence-corrected chi connectivity index (χ4v) is 1.61. The summed E-state index contributed by atoms with van der Waals surface area (Å²) in [4.78, 5) is 6.77. The Labute approximate surface area is 97.9 Å². The van der Waals surface area contributed by atoms with Crippen molar-refractivity contribution < 1.29 is 4.84 Å². The standard InChI is InChI=1S/C9H5Br2N2O/c10-7-3-1-4-8(9(7)11)14-13-6-2-5-12-13/h1,3-6H. The van der Waals surface area contributed by atoms with Crippen LogP contribution in [0.15, 0.2) is 39.5 Å². The molecule has 0 bridgehead atoms. The maximum Gasteiger partial charge on any atom is 0.173 e. The minimum absolute atomic E-state index is 0.691. The Kier molecular flexibility index (Phi) is 2.88. The summed E-state index contributed by atoms with van der Waals surface area (Å²) in [7, 11) is 0. The first kappa shape index (κ1) is 9.73. The summed E-state index contributed by atoms with van der Waals surface area (Å²) in [6.07, 6.45) is 3.14. The van der Waals surface area contributed by atoms with E-state index >= 15 is 0 Å². The molecule has 0 amide bonds. The van der Waals surface area contributed by atoms with E-state index in [0.29, 0.717) is 5.75 Å². The van der Waals surface area contributed by atoms with Gasteiger partial charge in [0.1, 0.15) is 0 Å². The van der Waals surface area contributed by atoms with Gasteiger partial charge in [0.2, 0.25) is 0 Å². The van der Waals surface area contributed by atoms with E-state index in [0.717, 1.165) is 8.95 Å². The number of rotatable bonds is 2. The minimum atomic E-state index is 0.691. The van der Waals surface area contributed by atoms with Crippen LogP contribution in [0.1, 0.15) is 0 Å². The predicted octanol–water partition coefficient (Wildman–Crippen LogP) is 3.05. The highest BCUT2D eigenvalue weighted by Crippen LogP contribution is 2.32. The van der Waals surface area contributed by atoms with E-state index in [4.69, 9.17) is 4.84 Å². The van der Waals surface area contributed by atoms with Gasteiger partial charge in [0, 0.05) is 10.5 Å². The summed E-state index contributed by atoms with van der Waals surface area (Å²) in [5, 5.41) is 3.89. The van der Waals surface area contributed by atoms with Crippen molar-refractivity contribution in [2.24, 2.45) is 0 Å². The van der Waals surface area contributed by atoms with Crippen molar-refractivity contribution in [3.05, 3.63) is 45.6 Å². The zero-order valence-electron chi connectivity index (χ0n) is 6.95. The maximum absolute atomic E-state index is 5.43. The number of hydrogen-bond acceptors (Lipinski definition) is 2. The smallest absolute Gasteiger partial charge is 0.173 e. The van der Waals surface area contributed by atoms with E-state index in [1.54, 1.807) is 6.20 Å².